The maximum Gasteiger partial charge on any atom is 0.258 e. The fourth-order valence-electron chi connectivity index (χ4n) is 4.79. The maximum atomic E-state index is 13.9. The average molecular weight is 533 g/mol. The molecule has 194 valence electrons. The molecule has 2 aromatic rings. The summed E-state index contributed by atoms with van der Waals surface area (Å²) in [4.78, 5) is 2.37. The quantitative estimate of drug-likeness (QED) is 0.480. The van der Waals surface area contributed by atoms with E-state index in [9.17, 15) is 8.42 Å². The molecule has 2 aromatic carbocycles. The van der Waals surface area contributed by atoms with E-state index in [1.54, 1.807) is 38.5 Å². The standard InChI is InChI=1S/C27H33ClN2O5S/c1-5-27(34-4)17-25(22(16-26(27)33-3)19-9-7-6-8-10-19)36(31,32)29-20-11-12-23(28)24(15-20)35-21-13-14-30(2)18-21/h6-12,15-17,21-22,29H,5,13-14,18H2,1-4H3/t21-,22?,27?/m1/s1. The summed E-state index contributed by atoms with van der Waals surface area (Å²) < 4.78 is 48.0. The molecule has 0 spiro atoms. The highest BCUT2D eigenvalue weighted by Gasteiger charge is 2.42. The molecule has 2 unspecified atom stereocenters. The molecule has 7 nitrogen and oxygen atoms in total. The summed E-state index contributed by atoms with van der Waals surface area (Å²) in [6.07, 6.45) is 4.88. The SMILES string of the molecule is CCC1(OC)C=C(S(=O)(=O)Nc2ccc(Cl)c(O[C@@H]3CCN(C)C3)c2)C(c2ccccc2)C=C1OC. The number of allylic oxidation sites excluding steroid dienone is 2. The van der Waals surface area contributed by atoms with E-state index >= 15 is 0 Å². The minimum Gasteiger partial charge on any atom is -0.498 e. The van der Waals surface area contributed by atoms with E-state index in [4.69, 9.17) is 25.8 Å². The number of nitrogens with zero attached hydrogens (tertiary/aromatic N) is 1. The summed E-state index contributed by atoms with van der Waals surface area (Å²) in [6.45, 7) is 3.66. The highest BCUT2D eigenvalue weighted by molar-refractivity contribution is 7.96. The number of benzene rings is 2. The number of hydrogen-bond acceptors (Lipinski definition) is 6. The molecule has 3 atom stereocenters. The summed E-state index contributed by atoms with van der Waals surface area (Å²) >= 11 is 6.38. The van der Waals surface area contributed by atoms with Crippen molar-refractivity contribution in [2.24, 2.45) is 0 Å². The van der Waals surface area contributed by atoms with Gasteiger partial charge in [-0.2, -0.15) is 0 Å². The second-order valence-corrected chi connectivity index (χ2v) is 11.2. The van der Waals surface area contributed by atoms with Crippen molar-refractivity contribution in [1.29, 1.82) is 0 Å². The van der Waals surface area contributed by atoms with Crippen LogP contribution in [-0.4, -0.2) is 59.4 Å². The average Bonchev–Trinajstić information content (AvgIpc) is 3.29. The van der Waals surface area contributed by atoms with E-state index in [-0.39, 0.29) is 11.0 Å². The molecular weight excluding hydrogens is 500 g/mol. The fraction of sp³-hybridized carbons (Fsp3) is 0.407. The summed E-state index contributed by atoms with van der Waals surface area (Å²) in [7, 11) is 1.16. The van der Waals surface area contributed by atoms with Crippen molar-refractivity contribution in [3.05, 3.63) is 81.9 Å². The van der Waals surface area contributed by atoms with Crippen molar-refractivity contribution in [3.63, 3.8) is 0 Å². The molecule has 36 heavy (non-hydrogen) atoms. The number of hydrogen-bond donors (Lipinski definition) is 1. The number of methoxy groups -OCH3 is 2. The summed E-state index contributed by atoms with van der Waals surface area (Å²) in [5, 5.41) is 0.434. The Morgan fingerprint density at radius 3 is 2.53 bits per heavy atom. The molecule has 0 bridgehead atoms. The Labute approximate surface area is 218 Å². The van der Waals surface area contributed by atoms with Crippen LogP contribution in [-0.2, 0) is 19.5 Å². The summed E-state index contributed by atoms with van der Waals surface area (Å²) in [6, 6.07) is 14.4. The lowest BCUT2D eigenvalue weighted by Crippen LogP contribution is -2.37. The molecule has 0 saturated carbocycles. The number of likely N-dealkylation sites (tertiary alicyclic amines) is 1. The highest BCUT2D eigenvalue weighted by Crippen LogP contribution is 2.43. The summed E-state index contributed by atoms with van der Waals surface area (Å²) in [5.74, 6) is 0.477. The van der Waals surface area contributed by atoms with Crippen molar-refractivity contribution in [1.82, 2.24) is 4.90 Å². The van der Waals surface area contributed by atoms with Gasteiger partial charge in [0, 0.05) is 32.2 Å². The van der Waals surface area contributed by atoms with Gasteiger partial charge < -0.3 is 19.1 Å². The van der Waals surface area contributed by atoms with E-state index in [0.717, 1.165) is 25.1 Å². The van der Waals surface area contributed by atoms with Crippen LogP contribution in [0.25, 0.3) is 0 Å². The van der Waals surface area contributed by atoms with Gasteiger partial charge in [-0.3, -0.25) is 4.72 Å². The number of ether oxygens (including phenoxy) is 3. The minimum absolute atomic E-state index is 0.00680. The second kappa shape index (κ2) is 10.8. The predicted octanol–water partition coefficient (Wildman–Crippen LogP) is 5.17. The van der Waals surface area contributed by atoms with E-state index in [2.05, 4.69) is 9.62 Å². The first-order chi connectivity index (χ1) is 17.2. The molecule has 0 aromatic heterocycles. The predicted molar refractivity (Wildman–Crippen MR) is 143 cm³/mol. The van der Waals surface area contributed by atoms with Gasteiger partial charge in [0.2, 0.25) is 0 Å². The second-order valence-electron chi connectivity index (χ2n) is 9.16. The molecule has 2 aliphatic rings. The monoisotopic (exact) mass is 532 g/mol. The number of likely N-dealkylation sites (N-methyl/N-ethyl adjacent to an activating group) is 1. The van der Waals surface area contributed by atoms with E-state index in [1.807, 2.05) is 50.4 Å². The van der Waals surface area contributed by atoms with Gasteiger partial charge in [0.15, 0.2) is 0 Å². The molecule has 1 N–H and O–H groups in total. The fourth-order valence-corrected chi connectivity index (χ4v) is 6.39. The van der Waals surface area contributed by atoms with Crippen molar-refractivity contribution >= 4 is 27.3 Å². The third kappa shape index (κ3) is 5.42. The van der Waals surface area contributed by atoms with Crippen LogP contribution < -0.4 is 9.46 Å². The van der Waals surface area contributed by atoms with Crippen molar-refractivity contribution in [2.75, 3.05) is 39.1 Å². The van der Waals surface area contributed by atoms with Gasteiger partial charge in [0.25, 0.3) is 10.0 Å². The zero-order valence-electron chi connectivity index (χ0n) is 21.0. The Morgan fingerprint density at radius 2 is 1.92 bits per heavy atom. The van der Waals surface area contributed by atoms with Crippen LogP contribution >= 0.6 is 11.6 Å². The molecule has 1 heterocycles. The van der Waals surface area contributed by atoms with Crippen LogP contribution in [0.3, 0.4) is 0 Å². The lowest BCUT2D eigenvalue weighted by atomic mass is 9.85. The minimum atomic E-state index is -4.00. The topological polar surface area (TPSA) is 77.1 Å². The first kappa shape index (κ1) is 26.5. The van der Waals surface area contributed by atoms with Crippen molar-refractivity contribution in [3.8, 4) is 5.75 Å². The Kier molecular flexibility index (Phi) is 7.99. The Bertz CT molecular complexity index is 1240. The van der Waals surface area contributed by atoms with Gasteiger partial charge >= 0.3 is 0 Å². The van der Waals surface area contributed by atoms with Gasteiger partial charge in [-0.1, -0.05) is 48.9 Å². The molecule has 0 amide bonds. The van der Waals surface area contributed by atoms with Crippen molar-refractivity contribution < 1.29 is 22.6 Å². The van der Waals surface area contributed by atoms with Gasteiger partial charge in [0.05, 0.1) is 22.7 Å². The van der Waals surface area contributed by atoms with Crippen LogP contribution in [0.2, 0.25) is 5.02 Å². The third-order valence-corrected chi connectivity index (χ3v) is 8.63. The molecule has 0 radical (unpaired) electrons. The van der Waals surface area contributed by atoms with E-state index in [0.29, 0.717) is 28.6 Å². The normalized spacial score (nSPS) is 24.7. The molecule has 4 rings (SSSR count). The Hall–Kier alpha value is -2.52. The zero-order valence-corrected chi connectivity index (χ0v) is 22.6. The molecule has 1 saturated heterocycles. The van der Waals surface area contributed by atoms with Gasteiger partial charge in [-0.15, -0.1) is 0 Å². The maximum absolute atomic E-state index is 13.9. The first-order valence-corrected chi connectivity index (χ1v) is 13.8. The highest BCUT2D eigenvalue weighted by atomic mass is 35.5. The van der Waals surface area contributed by atoms with Crippen LogP contribution in [0, 0.1) is 0 Å². The zero-order chi connectivity index (χ0) is 25.9. The molecular formula is C27H33ClN2O5S. The third-order valence-electron chi connectivity index (χ3n) is 6.82. The van der Waals surface area contributed by atoms with Crippen LogP contribution in [0.5, 0.6) is 5.75 Å². The number of anilines is 1. The van der Waals surface area contributed by atoms with E-state index in [1.165, 1.54) is 0 Å². The lowest BCUT2D eigenvalue weighted by Gasteiger charge is -2.36. The van der Waals surface area contributed by atoms with Crippen LogP contribution in [0.1, 0.15) is 31.2 Å². The lowest BCUT2D eigenvalue weighted by molar-refractivity contribution is 0.0126. The van der Waals surface area contributed by atoms with Gasteiger partial charge in [-0.25, -0.2) is 8.42 Å². The van der Waals surface area contributed by atoms with Gasteiger partial charge in [-0.05, 0) is 49.7 Å². The molecule has 1 aliphatic heterocycles. The smallest absolute Gasteiger partial charge is 0.258 e. The molecule has 9 heteroatoms. The van der Waals surface area contributed by atoms with E-state index < -0.39 is 21.5 Å². The van der Waals surface area contributed by atoms with Crippen LogP contribution in [0.4, 0.5) is 5.69 Å². The Morgan fingerprint density at radius 1 is 1.17 bits per heavy atom. The van der Waals surface area contributed by atoms with Crippen LogP contribution in [0.15, 0.2) is 71.3 Å². The van der Waals surface area contributed by atoms with Crippen molar-refractivity contribution in [2.45, 2.75) is 37.4 Å². The van der Waals surface area contributed by atoms with Gasteiger partial charge in [0.1, 0.15) is 23.2 Å². The number of rotatable bonds is 9. The summed E-state index contributed by atoms with van der Waals surface area (Å²) in [5.41, 5.74) is 0.205. The number of nitrogens with one attached hydrogen (secondary N) is 1. The molecule has 1 fully saturated rings. The largest absolute Gasteiger partial charge is 0.498 e. The number of sulfonamides is 1. The Balaban J connectivity index is 1.70. The first-order valence-electron chi connectivity index (χ1n) is 12.0. The molecule has 1 aliphatic carbocycles. The number of halogens is 1.